The molecule has 6 nitrogen and oxygen atoms in total. The first-order valence-corrected chi connectivity index (χ1v) is 11.4. The number of para-hydroxylation sites is 3. The van der Waals surface area contributed by atoms with E-state index in [1.165, 1.54) is 40.6 Å². The average molecular weight is 463 g/mol. The number of rotatable bonds is 6. The highest BCUT2D eigenvalue weighted by Crippen LogP contribution is 2.31. The number of fused-ring (bicyclic) bond motifs is 2. The van der Waals surface area contributed by atoms with Gasteiger partial charge in [-0.3, -0.25) is 14.2 Å². The molecule has 0 amide bonds. The highest BCUT2D eigenvalue weighted by molar-refractivity contribution is 7.99. The summed E-state index contributed by atoms with van der Waals surface area (Å²) in [5.41, 5.74) is 0.751. The van der Waals surface area contributed by atoms with Gasteiger partial charge in [-0.1, -0.05) is 36.0 Å². The molecule has 0 radical (unpaired) electrons. The second-order valence-electron chi connectivity index (χ2n) is 7.54. The summed E-state index contributed by atoms with van der Waals surface area (Å²) in [6, 6.07) is 19.9. The fourth-order valence-electron chi connectivity index (χ4n) is 3.62. The minimum Gasteiger partial charge on any atom is -0.486 e. The Balaban J connectivity index is 1.43. The Bertz CT molecular complexity index is 1390. The van der Waals surface area contributed by atoms with Crippen LogP contribution in [-0.2, 0) is 6.54 Å². The van der Waals surface area contributed by atoms with Gasteiger partial charge in [0.1, 0.15) is 12.4 Å². The predicted octanol–water partition coefficient (Wildman–Crippen LogP) is 4.35. The van der Waals surface area contributed by atoms with Crippen molar-refractivity contribution in [1.29, 1.82) is 0 Å². The van der Waals surface area contributed by atoms with Gasteiger partial charge in [-0.15, -0.1) is 0 Å². The van der Waals surface area contributed by atoms with Crippen LogP contribution in [0.3, 0.4) is 0 Å². The largest absolute Gasteiger partial charge is 0.486 e. The summed E-state index contributed by atoms with van der Waals surface area (Å²) in [5.74, 6) is 0.760. The van der Waals surface area contributed by atoms with Gasteiger partial charge in [0.15, 0.2) is 28.5 Å². The molecule has 2 heterocycles. The van der Waals surface area contributed by atoms with E-state index in [1.54, 1.807) is 18.2 Å². The SMILES string of the molecule is O=C(CSc1nc2ccccc2c(=O)n1C[C@@H]1COc2ccccc2O1)c1ccc(F)cc1. The van der Waals surface area contributed by atoms with Crippen molar-refractivity contribution in [2.24, 2.45) is 0 Å². The number of halogens is 1. The van der Waals surface area contributed by atoms with Crippen LogP contribution >= 0.6 is 11.8 Å². The summed E-state index contributed by atoms with van der Waals surface area (Å²) >= 11 is 1.17. The topological polar surface area (TPSA) is 70.4 Å². The molecular formula is C25H19FN2O4S. The van der Waals surface area contributed by atoms with Crippen molar-refractivity contribution in [3.8, 4) is 11.5 Å². The number of nitrogens with zero attached hydrogens (tertiary/aromatic N) is 2. The first-order valence-electron chi connectivity index (χ1n) is 10.4. The number of aromatic nitrogens is 2. The molecule has 0 N–H and O–H groups in total. The number of hydrogen-bond donors (Lipinski definition) is 0. The molecule has 1 aliphatic heterocycles. The molecule has 166 valence electrons. The molecule has 0 bridgehead atoms. The van der Waals surface area contributed by atoms with E-state index < -0.39 is 11.9 Å². The number of carbonyl (C=O) groups is 1. The minimum absolute atomic E-state index is 0.0568. The van der Waals surface area contributed by atoms with Crippen molar-refractivity contribution < 1.29 is 18.7 Å². The zero-order valence-electron chi connectivity index (χ0n) is 17.4. The van der Waals surface area contributed by atoms with Crippen LogP contribution in [0.2, 0.25) is 0 Å². The Morgan fingerprint density at radius 2 is 1.76 bits per heavy atom. The van der Waals surface area contributed by atoms with Gasteiger partial charge in [0, 0.05) is 5.56 Å². The predicted molar refractivity (Wildman–Crippen MR) is 124 cm³/mol. The minimum atomic E-state index is -0.402. The number of ether oxygens (including phenoxy) is 2. The van der Waals surface area contributed by atoms with Crippen LogP contribution in [0.5, 0.6) is 11.5 Å². The summed E-state index contributed by atoms with van der Waals surface area (Å²) < 4.78 is 26.5. The molecule has 0 aliphatic carbocycles. The van der Waals surface area contributed by atoms with E-state index in [1.807, 2.05) is 30.3 Å². The number of carbonyl (C=O) groups excluding carboxylic acids is 1. The van der Waals surface area contributed by atoms with Crippen LogP contribution in [0.4, 0.5) is 4.39 Å². The molecule has 8 heteroatoms. The molecule has 1 aliphatic rings. The van der Waals surface area contributed by atoms with E-state index in [-0.39, 0.29) is 30.2 Å². The summed E-state index contributed by atoms with van der Waals surface area (Å²) in [7, 11) is 0. The maximum absolute atomic E-state index is 13.3. The van der Waals surface area contributed by atoms with E-state index in [0.717, 1.165) is 0 Å². The second kappa shape index (κ2) is 9.07. The van der Waals surface area contributed by atoms with Crippen molar-refractivity contribution in [1.82, 2.24) is 9.55 Å². The quantitative estimate of drug-likeness (QED) is 0.241. The fourth-order valence-corrected chi connectivity index (χ4v) is 4.53. The molecule has 4 aromatic rings. The van der Waals surface area contributed by atoms with Crippen LogP contribution in [0.1, 0.15) is 10.4 Å². The molecule has 0 spiro atoms. The van der Waals surface area contributed by atoms with Gasteiger partial charge in [-0.25, -0.2) is 9.37 Å². The molecule has 3 aromatic carbocycles. The second-order valence-corrected chi connectivity index (χ2v) is 8.49. The van der Waals surface area contributed by atoms with Gasteiger partial charge in [0.05, 0.1) is 23.2 Å². The van der Waals surface area contributed by atoms with Crippen LogP contribution in [0.25, 0.3) is 10.9 Å². The summed E-state index contributed by atoms with van der Waals surface area (Å²) in [4.78, 5) is 30.6. The maximum Gasteiger partial charge on any atom is 0.262 e. The zero-order valence-corrected chi connectivity index (χ0v) is 18.3. The smallest absolute Gasteiger partial charge is 0.262 e. The van der Waals surface area contributed by atoms with Gasteiger partial charge in [-0.2, -0.15) is 0 Å². The highest BCUT2D eigenvalue weighted by Gasteiger charge is 2.24. The van der Waals surface area contributed by atoms with Gasteiger partial charge >= 0.3 is 0 Å². The lowest BCUT2D eigenvalue weighted by atomic mass is 10.1. The molecule has 1 atom stereocenters. The van der Waals surface area contributed by atoms with Crippen molar-refractivity contribution >= 4 is 28.4 Å². The Morgan fingerprint density at radius 1 is 1.03 bits per heavy atom. The number of benzene rings is 3. The number of hydrogen-bond acceptors (Lipinski definition) is 6. The normalized spacial score (nSPS) is 14.9. The van der Waals surface area contributed by atoms with Crippen molar-refractivity contribution in [2.75, 3.05) is 12.4 Å². The number of Topliss-reactive ketones (excluding diaryl/α,β-unsaturated/α-hetero) is 1. The van der Waals surface area contributed by atoms with Gasteiger partial charge in [0.2, 0.25) is 0 Å². The van der Waals surface area contributed by atoms with E-state index in [2.05, 4.69) is 4.98 Å². The van der Waals surface area contributed by atoms with Gasteiger partial charge in [-0.05, 0) is 48.5 Å². The Labute approximate surface area is 193 Å². The first-order chi connectivity index (χ1) is 16.1. The van der Waals surface area contributed by atoms with Crippen molar-refractivity contribution in [3.63, 3.8) is 0 Å². The van der Waals surface area contributed by atoms with Crippen LogP contribution in [0.15, 0.2) is 82.7 Å². The van der Waals surface area contributed by atoms with Crippen LogP contribution in [0, 0.1) is 5.82 Å². The molecule has 1 aromatic heterocycles. The van der Waals surface area contributed by atoms with Gasteiger partial charge < -0.3 is 9.47 Å². The third-order valence-electron chi connectivity index (χ3n) is 5.28. The van der Waals surface area contributed by atoms with Crippen LogP contribution in [-0.4, -0.2) is 33.8 Å². The van der Waals surface area contributed by atoms with Crippen LogP contribution < -0.4 is 15.0 Å². The lowest BCUT2D eigenvalue weighted by molar-refractivity contribution is 0.0757. The molecule has 0 fully saturated rings. The maximum atomic E-state index is 13.3. The molecule has 33 heavy (non-hydrogen) atoms. The lowest BCUT2D eigenvalue weighted by Gasteiger charge is -2.27. The van der Waals surface area contributed by atoms with E-state index in [0.29, 0.717) is 33.1 Å². The summed E-state index contributed by atoms with van der Waals surface area (Å²) in [6.45, 7) is 0.507. The molecule has 0 saturated carbocycles. The van der Waals surface area contributed by atoms with Crippen molar-refractivity contribution in [2.45, 2.75) is 17.8 Å². The van der Waals surface area contributed by atoms with E-state index in [9.17, 15) is 14.0 Å². The highest BCUT2D eigenvalue weighted by atomic mass is 32.2. The van der Waals surface area contributed by atoms with E-state index in [4.69, 9.17) is 9.47 Å². The molecular weight excluding hydrogens is 443 g/mol. The monoisotopic (exact) mass is 462 g/mol. The third kappa shape index (κ3) is 4.47. The lowest BCUT2D eigenvalue weighted by Crippen LogP contribution is -2.37. The van der Waals surface area contributed by atoms with Crippen molar-refractivity contribution in [3.05, 3.63) is 94.5 Å². The summed E-state index contributed by atoms with van der Waals surface area (Å²) in [5, 5.41) is 0.903. The Kier molecular flexibility index (Phi) is 5.83. The first kappa shape index (κ1) is 21.2. The fraction of sp³-hybridized carbons (Fsp3) is 0.160. The number of ketones is 1. The zero-order chi connectivity index (χ0) is 22.8. The standard InChI is InChI=1S/C25H19FN2O4S/c26-17-11-9-16(10-12-17)21(29)15-33-25-27-20-6-2-1-5-19(20)24(30)28(25)13-18-14-31-22-7-3-4-8-23(22)32-18/h1-12,18H,13-15H2/t18-/m1/s1. The third-order valence-corrected chi connectivity index (χ3v) is 6.26. The van der Waals surface area contributed by atoms with Gasteiger partial charge in [0.25, 0.3) is 5.56 Å². The molecule has 5 rings (SSSR count). The molecule has 0 unspecified atom stereocenters. The Morgan fingerprint density at radius 3 is 2.58 bits per heavy atom. The Hall–Kier alpha value is -3.65. The van der Waals surface area contributed by atoms with E-state index >= 15 is 0 Å². The molecule has 0 saturated heterocycles. The number of thioether (sulfide) groups is 1. The summed E-state index contributed by atoms with van der Waals surface area (Å²) in [6.07, 6.45) is -0.396. The average Bonchev–Trinajstić information content (AvgIpc) is 2.85.